The Balaban J connectivity index is 1.84. The lowest BCUT2D eigenvalue weighted by atomic mass is 10.2. The van der Waals surface area contributed by atoms with Crippen molar-refractivity contribution >= 4 is 0 Å². The maximum atomic E-state index is 9.61. The minimum Gasteiger partial charge on any atom is -0.504 e. The number of rotatable bonds is 5. The van der Waals surface area contributed by atoms with Gasteiger partial charge < -0.3 is 15.5 Å². The van der Waals surface area contributed by atoms with Gasteiger partial charge in [-0.05, 0) is 24.8 Å². The summed E-state index contributed by atoms with van der Waals surface area (Å²) in [6.45, 7) is 2.83. The number of benzene rings is 1. The van der Waals surface area contributed by atoms with Gasteiger partial charge in [-0.2, -0.15) is 0 Å². The molecule has 0 saturated heterocycles. The highest BCUT2D eigenvalue weighted by molar-refractivity contribution is 5.44. The molecule has 1 aliphatic carbocycles. The zero-order chi connectivity index (χ0) is 11.5. The Morgan fingerprint density at radius 3 is 2.94 bits per heavy atom. The van der Waals surface area contributed by atoms with Gasteiger partial charge in [0.2, 0.25) is 0 Å². The summed E-state index contributed by atoms with van der Waals surface area (Å²) >= 11 is 0. The van der Waals surface area contributed by atoms with Crippen molar-refractivity contribution in [1.29, 1.82) is 0 Å². The van der Waals surface area contributed by atoms with Crippen molar-refractivity contribution in [3.8, 4) is 11.5 Å². The van der Waals surface area contributed by atoms with Crippen molar-refractivity contribution in [3.63, 3.8) is 0 Å². The highest BCUT2D eigenvalue weighted by Crippen LogP contribution is 2.35. The van der Waals surface area contributed by atoms with Crippen molar-refractivity contribution in [2.24, 2.45) is 5.92 Å². The molecule has 1 aliphatic rings. The van der Waals surface area contributed by atoms with E-state index in [0.717, 1.165) is 11.5 Å². The molecule has 3 heteroatoms. The van der Waals surface area contributed by atoms with E-state index in [9.17, 15) is 10.2 Å². The van der Waals surface area contributed by atoms with Gasteiger partial charge in [0.1, 0.15) is 0 Å². The van der Waals surface area contributed by atoms with E-state index in [-0.39, 0.29) is 11.5 Å². The van der Waals surface area contributed by atoms with Crippen LogP contribution in [0.25, 0.3) is 0 Å². The third-order valence-electron chi connectivity index (χ3n) is 3.24. The van der Waals surface area contributed by atoms with Gasteiger partial charge in [0.05, 0.1) is 0 Å². The molecule has 0 spiro atoms. The standard InChI is InChI=1S/C13H19NO2/c1-2-4-9-7-11(9)14-8-10-5-3-6-12(15)13(10)16/h3,5-6,9,11,14-16H,2,4,7-8H2,1H3. The number of nitrogens with one attached hydrogen (secondary N) is 1. The first-order valence-electron chi connectivity index (χ1n) is 5.95. The van der Waals surface area contributed by atoms with E-state index in [1.54, 1.807) is 6.07 Å². The lowest BCUT2D eigenvalue weighted by Crippen LogP contribution is -2.17. The molecule has 2 rings (SSSR count). The fourth-order valence-electron chi connectivity index (χ4n) is 2.15. The molecule has 1 aromatic carbocycles. The van der Waals surface area contributed by atoms with Crippen LogP contribution >= 0.6 is 0 Å². The zero-order valence-corrected chi connectivity index (χ0v) is 9.61. The molecule has 3 N–H and O–H groups in total. The first kappa shape index (κ1) is 11.3. The van der Waals surface area contributed by atoms with Crippen LogP contribution in [0, 0.1) is 5.92 Å². The van der Waals surface area contributed by atoms with Crippen LogP contribution in [0.4, 0.5) is 0 Å². The molecule has 0 amide bonds. The van der Waals surface area contributed by atoms with E-state index < -0.39 is 0 Å². The summed E-state index contributed by atoms with van der Waals surface area (Å²) < 4.78 is 0. The van der Waals surface area contributed by atoms with Crippen LogP contribution in [-0.2, 0) is 6.54 Å². The van der Waals surface area contributed by atoms with Crippen LogP contribution in [0.3, 0.4) is 0 Å². The van der Waals surface area contributed by atoms with Crippen LogP contribution in [0.1, 0.15) is 31.7 Å². The van der Waals surface area contributed by atoms with Gasteiger partial charge in [-0.1, -0.05) is 25.5 Å². The molecule has 0 radical (unpaired) electrons. The number of hydrogen-bond donors (Lipinski definition) is 3. The summed E-state index contributed by atoms with van der Waals surface area (Å²) in [7, 11) is 0. The SMILES string of the molecule is CCCC1CC1NCc1cccc(O)c1O. The monoisotopic (exact) mass is 221 g/mol. The molecule has 0 aromatic heterocycles. The highest BCUT2D eigenvalue weighted by Gasteiger charge is 2.35. The Morgan fingerprint density at radius 1 is 1.38 bits per heavy atom. The van der Waals surface area contributed by atoms with E-state index in [1.165, 1.54) is 25.3 Å². The smallest absolute Gasteiger partial charge is 0.161 e. The average molecular weight is 221 g/mol. The lowest BCUT2D eigenvalue weighted by molar-refractivity contribution is 0.397. The molecule has 16 heavy (non-hydrogen) atoms. The number of hydrogen-bond acceptors (Lipinski definition) is 3. The Labute approximate surface area is 96.1 Å². The number of phenolic OH excluding ortho intramolecular Hbond substituents is 2. The third-order valence-corrected chi connectivity index (χ3v) is 3.24. The molecule has 1 aromatic rings. The Bertz CT molecular complexity index is 365. The molecule has 0 bridgehead atoms. The summed E-state index contributed by atoms with van der Waals surface area (Å²) in [6.07, 6.45) is 3.76. The van der Waals surface area contributed by atoms with Gasteiger partial charge >= 0.3 is 0 Å². The van der Waals surface area contributed by atoms with Crippen LogP contribution < -0.4 is 5.32 Å². The number of phenols is 2. The molecule has 3 nitrogen and oxygen atoms in total. The molecular weight excluding hydrogens is 202 g/mol. The van der Waals surface area contributed by atoms with Crippen LogP contribution in [0.2, 0.25) is 0 Å². The number of para-hydroxylation sites is 1. The van der Waals surface area contributed by atoms with Crippen molar-refractivity contribution in [3.05, 3.63) is 23.8 Å². The molecule has 88 valence electrons. The van der Waals surface area contributed by atoms with Crippen molar-refractivity contribution in [2.75, 3.05) is 0 Å². The van der Waals surface area contributed by atoms with Gasteiger partial charge in [-0.3, -0.25) is 0 Å². The first-order chi connectivity index (χ1) is 7.72. The second kappa shape index (κ2) is 4.74. The minimum absolute atomic E-state index is 0.00249. The maximum absolute atomic E-state index is 9.61. The summed E-state index contributed by atoms with van der Waals surface area (Å²) in [5.74, 6) is 0.771. The van der Waals surface area contributed by atoms with E-state index in [2.05, 4.69) is 12.2 Å². The highest BCUT2D eigenvalue weighted by atomic mass is 16.3. The van der Waals surface area contributed by atoms with E-state index in [1.807, 2.05) is 6.07 Å². The van der Waals surface area contributed by atoms with E-state index >= 15 is 0 Å². The average Bonchev–Trinajstić information content (AvgIpc) is 3.00. The number of aromatic hydroxyl groups is 2. The predicted molar refractivity (Wildman–Crippen MR) is 63.4 cm³/mol. The van der Waals surface area contributed by atoms with Crippen LogP contribution in [0.5, 0.6) is 11.5 Å². The van der Waals surface area contributed by atoms with Crippen LogP contribution in [-0.4, -0.2) is 16.3 Å². The first-order valence-corrected chi connectivity index (χ1v) is 5.95. The normalized spacial score (nSPS) is 23.3. The second-order valence-corrected chi connectivity index (χ2v) is 4.56. The second-order valence-electron chi connectivity index (χ2n) is 4.56. The molecule has 2 unspecified atom stereocenters. The van der Waals surface area contributed by atoms with E-state index in [4.69, 9.17) is 0 Å². The van der Waals surface area contributed by atoms with E-state index in [0.29, 0.717) is 12.6 Å². The van der Waals surface area contributed by atoms with Gasteiger partial charge in [-0.15, -0.1) is 0 Å². The Morgan fingerprint density at radius 2 is 2.19 bits per heavy atom. The van der Waals surface area contributed by atoms with Crippen molar-refractivity contribution in [1.82, 2.24) is 5.32 Å². The quantitative estimate of drug-likeness (QED) is 0.669. The summed E-state index contributed by atoms with van der Waals surface area (Å²) in [5, 5.41) is 22.4. The Kier molecular flexibility index (Phi) is 3.34. The summed E-state index contributed by atoms with van der Waals surface area (Å²) in [4.78, 5) is 0. The summed E-state index contributed by atoms with van der Waals surface area (Å²) in [5.41, 5.74) is 0.766. The molecule has 1 fully saturated rings. The summed E-state index contributed by atoms with van der Waals surface area (Å²) in [6, 6.07) is 5.68. The van der Waals surface area contributed by atoms with Crippen molar-refractivity contribution < 1.29 is 10.2 Å². The Hall–Kier alpha value is -1.22. The topological polar surface area (TPSA) is 52.5 Å². The van der Waals surface area contributed by atoms with Gasteiger partial charge in [0.15, 0.2) is 11.5 Å². The lowest BCUT2D eigenvalue weighted by Gasteiger charge is -2.07. The molecular formula is C13H19NO2. The minimum atomic E-state index is -0.0415. The molecule has 2 atom stereocenters. The molecule has 0 aliphatic heterocycles. The maximum Gasteiger partial charge on any atom is 0.161 e. The van der Waals surface area contributed by atoms with Crippen molar-refractivity contribution in [2.45, 2.75) is 38.8 Å². The van der Waals surface area contributed by atoms with Gasteiger partial charge in [-0.25, -0.2) is 0 Å². The largest absolute Gasteiger partial charge is 0.504 e. The predicted octanol–water partition coefficient (Wildman–Crippen LogP) is 2.38. The zero-order valence-electron chi connectivity index (χ0n) is 9.61. The molecule has 0 heterocycles. The molecule has 1 saturated carbocycles. The van der Waals surface area contributed by atoms with Gasteiger partial charge in [0, 0.05) is 18.2 Å². The fraction of sp³-hybridized carbons (Fsp3) is 0.538. The van der Waals surface area contributed by atoms with Gasteiger partial charge in [0.25, 0.3) is 0 Å². The fourth-order valence-corrected chi connectivity index (χ4v) is 2.15. The van der Waals surface area contributed by atoms with Crippen LogP contribution in [0.15, 0.2) is 18.2 Å². The third kappa shape index (κ3) is 2.47.